The van der Waals surface area contributed by atoms with Crippen LogP contribution in [0.3, 0.4) is 0 Å². The quantitative estimate of drug-likeness (QED) is 0.629. The zero-order chi connectivity index (χ0) is 9.14. The third kappa shape index (κ3) is 1.73. The molecule has 12 heavy (non-hydrogen) atoms. The van der Waals surface area contributed by atoms with Gasteiger partial charge in [-0.25, -0.2) is 4.79 Å². The van der Waals surface area contributed by atoms with Gasteiger partial charge >= 0.3 is 5.97 Å². The molecule has 0 saturated heterocycles. The van der Waals surface area contributed by atoms with Gasteiger partial charge in [0.2, 0.25) is 0 Å². The third-order valence-corrected chi connectivity index (χ3v) is 1.72. The topological polar surface area (TPSA) is 68.9 Å². The average molecular weight is 186 g/mol. The summed E-state index contributed by atoms with van der Waals surface area (Å²) in [6, 6.07) is 0. The van der Waals surface area contributed by atoms with Gasteiger partial charge in [0.1, 0.15) is 5.69 Å². The van der Waals surface area contributed by atoms with Gasteiger partial charge in [-0.15, -0.1) is 0 Å². The van der Waals surface area contributed by atoms with Crippen LogP contribution in [0.1, 0.15) is 29.5 Å². The number of H-pyrrole nitrogens is 2. The highest BCUT2D eigenvalue weighted by Crippen LogP contribution is 2.06. The lowest BCUT2D eigenvalue weighted by atomic mass is 10.2. The summed E-state index contributed by atoms with van der Waals surface area (Å²) in [6.07, 6.45) is 1.60. The van der Waals surface area contributed by atoms with Crippen LogP contribution in [0.2, 0.25) is 0 Å². The first kappa shape index (κ1) is 8.99. The van der Waals surface area contributed by atoms with Crippen molar-refractivity contribution < 1.29 is 9.90 Å². The maximum Gasteiger partial charge on any atom is 0.354 e. The average Bonchev–Trinajstić information content (AvgIpc) is 2.32. The lowest BCUT2D eigenvalue weighted by Crippen LogP contribution is -2.01. The van der Waals surface area contributed by atoms with Crippen molar-refractivity contribution in [1.82, 2.24) is 9.97 Å². The standard InChI is InChI=1S/C7H10N2O2S/c1-2-3-4-5(6(10)11)9-7(12)8-4/h2-3H2,1H3,(H,10,11)(H2,8,9,12). The van der Waals surface area contributed by atoms with Crippen LogP contribution in [0.5, 0.6) is 0 Å². The Balaban J connectivity index is 3.08. The number of carbonyl (C=O) groups is 1. The van der Waals surface area contributed by atoms with E-state index < -0.39 is 5.97 Å². The first-order chi connectivity index (χ1) is 5.65. The zero-order valence-electron chi connectivity index (χ0n) is 6.68. The lowest BCUT2D eigenvalue weighted by molar-refractivity contribution is 0.0690. The summed E-state index contributed by atoms with van der Waals surface area (Å²) >= 11 is 4.78. The molecule has 0 saturated carbocycles. The molecule has 0 radical (unpaired) electrons. The minimum Gasteiger partial charge on any atom is -0.477 e. The number of nitrogens with one attached hydrogen (secondary N) is 2. The molecule has 0 fully saturated rings. The van der Waals surface area contributed by atoms with E-state index in [1.807, 2.05) is 6.92 Å². The second kappa shape index (κ2) is 3.53. The molecule has 0 aromatic carbocycles. The number of imidazole rings is 1. The molecule has 0 aliphatic carbocycles. The molecule has 1 aromatic rings. The first-order valence-electron chi connectivity index (χ1n) is 3.69. The van der Waals surface area contributed by atoms with Crippen LogP contribution in [-0.2, 0) is 6.42 Å². The first-order valence-corrected chi connectivity index (χ1v) is 4.10. The van der Waals surface area contributed by atoms with Gasteiger partial charge in [0, 0.05) is 5.69 Å². The Bertz CT molecular complexity index is 339. The second-order valence-electron chi connectivity index (χ2n) is 2.49. The van der Waals surface area contributed by atoms with Crippen molar-refractivity contribution in [1.29, 1.82) is 0 Å². The summed E-state index contributed by atoms with van der Waals surface area (Å²) in [7, 11) is 0. The van der Waals surface area contributed by atoms with Crippen molar-refractivity contribution in [2.24, 2.45) is 0 Å². The molecule has 4 nitrogen and oxygen atoms in total. The summed E-state index contributed by atoms with van der Waals surface area (Å²) in [6.45, 7) is 1.98. The monoisotopic (exact) mass is 186 g/mol. The third-order valence-electron chi connectivity index (χ3n) is 1.52. The van der Waals surface area contributed by atoms with Crippen molar-refractivity contribution in [3.05, 3.63) is 16.2 Å². The highest BCUT2D eigenvalue weighted by molar-refractivity contribution is 7.71. The number of carboxylic acid groups (broad SMARTS) is 1. The Morgan fingerprint density at radius 1 is 1.58 bits per heavy atom. The maximum absolute atomic E-state index is 10.6. The van der Waals surface area contributed by atoms with Crippen molar-refractivity contribution in [2.75, 3.05) is 0 Å². The Morgan fingerprint density at radius 2 is 2.25 bits per heavy atom. The predicted molar refractivity (Wildman–Crippen MR) is 46.9 cm³/mol. The molecule has 66 valence electrons. The zero-order valence-corrected chi connectivity index (χ0v) is 7.49. The van der Waals surface area contributed by atoms with E-state index in [0.717, 1.165) is 6.42 Å². The Kier molecular flexibility index (Phi) is 2.65. The number of aromatic carboxylic acids is 1. The van der Waals surface area contributed by atoms with Crippen LogP contribution in [0.25, 0.3) is 0 Å². The summed E-state index contributed by atoms with van der Waals surface area (Å²) in [5.74, 6) is -0.967. The normalized spacial score (nSPS) is 10.1. The molecule has 0 atom stereocenters. The minimum atomic E-state index is -0.967. The lowest BCUT2D eigenvalue weighted by Gasteiger charge is -1.94. The maximum atomic E-state index is 10.6. The van der Waals surface area contributed by atoms with Crippen LogP contribution in [0, 0.1) is 4.77 Å². The number of aromatic amines is 2. The van der Waals surface area contributed by atoms with Crippen molar-refractivity contribution in [2.45, 2.75) is 19.8 Å². The van der Waals surface area contributed by atoms with E-state index in [2.05, 4.69) is 9.97 Å². The van der Waals surface area contributed by atoms with E-state index in [1.54, 1.807) is 0 Å². The predicted octanol–water partition coefficient (Wildman–Crippen LogP) is 1.72. The number of carboxylic acids is 1. The summed E-state index contributed by atoms with van der Waals surface area (Å²) in [5.41, 5.74) is 0.858. The number of rotatable bonds is 3. The van der Waals surface area contributed by atoms with Gasteiger partial charge in [0.15, 0.2) is 4.77 Å². The molecular weight excluding hydrogens is 176 g/mol. The van der Waals surface area contributed by atoms with Gasteiger partial charge in [0.05, 0.1) is 0 Å². The SMILES string of the molecule is CCCc1[nH]c(=S)[nH]c1C(=O)O. The van der Waals surface area contributed by atoms with Crippen LogP contribution < -0.4 is 0 Å². The smallest absolute Gasteiger partial charge is 0.354 e. The van der Waals surface area contributed by atoms with Crippen molar-refractivity contribution in [3.8, 4) is 0 Å². The molecule has 0 aliphatic rings. The molecule has 5 heteroatoms. The fourth-order valence-electron chi connectivity index (χ4n) is 1.04. The van der Waals surface area contributed by atoms with Crippen LogP contribution in [0.15, 0.2) is 0 Å². The molecule has 1 rings (SSSR count). The number of hydrogen-bond acceptors (Lipinski definition) is 2. The van der Waals surface area contributed by atoms with Gasteiger partial charge in [-0.1, -0.05) is 13.3 Å². The van der Waals surface area contributed by atoms with Crippen molar-refractivity contribution >= 4 is 18.2 Å². The molecule has 3 N–H and O–H groups in total. The molecule has 0 unspecified atom stereocenters. The van der Waals surface area contributed by atoms with Gasteiger partial charge in [0.25, 0.3) is 0 Å². The summed E-state index contributed by atoms with van der Waals surface area (Å²) < 4.78 is 0.371. The Hall–Kier alpha value is -1.10. The summed E-state index contributed by atoms with van der Waals surface area (Å²) in [5, 5.41) is 8.71. The van der Waals surface area contributed by atoms with Gasteiger partial charge < -0.3 is 15.1 Å². The van der Waals surface area contributed by atoms with E-state index in [9.17, 15) is 4.79 Å². The number of hydrogen-bond donors (Lipinski definition) is 3. The molecule has 0 spiro atoms. The van der Waals surface area contributed by atoms with Crippen molar-refractivity contribution in [3.63, 3.8) is 0 Å². The van der Waals surface area contributed by atoms with E-state index in [1.165, 1.54) is 0 Å². The number of aromatic nitrogens is 2. The van der Waals surface area contributed by atoms with Gasteiger partial charge in [-0.2, -0.15) is 0 Å². The Labute approximate surface area is 74.6 Å². The fourth-order valence-corrected chi connectivity index (χ4v) is 1.27. The molecule has 0 amide bonds. The highest BCUT2D eigenvalue weighted by atomic mass is 32.1. The number of aryl methyl sites for hydroxylation is 1. The van der Waals surface area contributed by atoms with E-state index >= 15 is 0 Å². The molecule has 0 aliphatic heterocycles. The van der Waals surface area contributed by atoms with Crippen LogP contribution in [-0.4, -0.2) is 21.0 Å². The van der Waals surface area contributed by atoms with Gasteiger partial charge in [-0.3, -0.25) is 0 Å². The minimum absolute atomic E-state index is 0.182. The largest absolute Gasteiger partial charge is 0.477 e. The second-order valence-corrected chi connectivity index (χ2v) is 2.90. The van der Waals surface area contributed by atoms with Gasteiger partial charge in [-0.05, 0) is 18.6 Å². The highest BCUT2D eigenvalue weighted by Gasteiger charge is 2.11. The molecule has 1 heterocycles. The van der Waals surface area contributed by atoms with E-state index in [0.29, 0.717) is 16.9 Å². The van der Waals surface area contributed by atoms with Crippen LogP contribution in [0.4, 0.5) is 0 Å². The fraction of sp³-hybridized carbons (Fsp3) is 0.429. The Morgan fingerprint density at radius 3 is 2.75 bits per heavy atom. The molecular formula is C7H10N2O2S. The van der Waals surface area contributed by atoms with E-state index in [4.69, 9.17) is 17.3 Å². The van der Waals surface area contributed by atoms with E-state index in [-0.39, 0.29) is 5.69 Å². The van der Waals surface area contributed by atoms with Crippen LogP contribution >= 0.6 is 12.2 Å². The molecule has 0 bridgehead atoms. The summed E-state index contributed by atoms with van der Waals surface area (Å²) in [4.78, 5) is 16.0. The molecule has 1 aromatic heterocycles.